The van der Waals surface area contributed by atoms with E-state index in [2.05, 4.69) is 0 Å². The van der Waals surface area contributed by atoms with Crippen LogP contribution in [-0.4, -0.2) is 19.1 Å². The van der Waals surface area contributed by atoms with Crippen LogP contribution in [0.3, 0.4) is 0 Å². The zero-order valence-electron chi connectivity index (χ0n) is 7.72. The van der Waals surface area contributed by atoms with Crippen molar-refractivity contribution in [1.82, 2.24) is 0 Å². The molecule has 0 saturated heterocycles. The molecule has 0 saturated carbocycles. The van der Waals surface area contributed by atoms with Crippen molar-refractivity contribution in [2.45, 2.75) is 6.92 Å². The molecule has 0 unspecified atom stereocenters. The van der Waals surface area contributed by atoms with Gasteiger partial charge in [-0.1, -0.05) is 0 Å². The Kier molecular flexibility index (Phi) is 3.56. The molecule has 0 aliphatic carbocycles. The van der Waals surface area contributed by atoms with E-state index in [9.17, 15) is 13.6 Å². The molecule has 4 heteroatoms. The maximum atomic E-state index is 13.1. The number of hydrogen-bond acceptors (Lipinski definition) is 2. The Bertz CT molecular complexity index is 337. The van der Waals surface area contributed by atoms with Crippen LogP contribution in [0, 0.1) is 5.82 Å². The quantitative estimate of drug-likeness (QED) is 0.697. The fraction of sp³-hybridized carbons (Fsp3) is 0.300. The number of carbonyl (C=O) groups excluding carboxylic acids is 1. The largest absolute Gasteiger partial charge is 0.488 e. The standard InChI is InChI=1S/C10H10F2O2/c1-7(13)8-2-3-10(9(12)6-8)14-5-4-11/h2-3,6H,4-5H2,1H3. The maximum absolute atomic E-state index is 13.1. The SMILES string of the molecule is CC(=O)c1ccc(OCCF)c(F)c1. The second-order valence-electron chi connectivity index (χ2n) is 2.74. The molecule has 2 nitrogen and oxygen atoms in total. The lowest BCUT2D eigenvalue weighted by molar-refractivity contribution is 0.101. The van der Waals surface area contributed by atoms with E-state index in [1.54, 1.807) is 0 Å². The van der Waals surface area contributed by atoms with Crippen LogP contribution in [0.1, 0.15) is 17.3 Å². The molecule has 76 valence electrons. The molecule has 0 fully saturated rings. The Balaban J connectivity index is 2.84. The molecule has 0 heterocycles. The minimum absolute atomic E-state index is 0.0346. The second-order valence-corrected chi connectivity index (χ2v) is 2.74. The van der Waals surface area contributed by atoms with Gasteiger partial charge in [-0.25, -0.2) is 8.78 Å². The smallest absolute Gasteiger partial charge is 0.165 e. The predicted octanol–water partition coefficient (Wildman–Crippen LogP) is 2.38. The van der Waals surface area contributed by atoms with Gasteiger partial charge in [0.1, 0.15) is 13.3 Å². The third-order valence-corrected chi connectivity index (χ3v) is 1.67. The van der Waals surface area contributed by atoms with E-state index >= 15 is 0 Å². The number of Topliss-reactive ketones (excluding diaryl/α,β-unsaturated/α-hetero) is 1. The first kappa shape index (κ1) is 10.6. The van der Waals surface area contributed by atoms with E-state index < -0.39 is 12.5 Å². The van der Waals surface area contributed by atoms with Crippen molar-refractivity contribution in [2.24, 2.45) is 0 Å². The molecule has 0 amide bonds. The van der Waals surface area contributed by atoms with E-state index in [-0.39, 0.29) is 23.7 Å². The van der Waals surface area contributed by atoms with Gasteiger partial charge in [0.05, 0.1) is 0 Å². The molecule has 0 radical (unpaired) electrons. The first-order valence-electron chi connectivity index (χ1n) is 4.14. The number of ether oxygens (including phenoxy) is 1. The van der Waals surface area contributed by atoms with E-state index in [0.29, 0.717) is 0 Å². The van der Waals surface area contributed by atoms with Crippen molar-refractivity contribution in [3.8, 4) is 5.75 Å². The molecule has 0 aromatic heterocycles. The molecule has 0 atom stereocenters. The second kappa shape index (κ2) is 4.69. The summed E-state index contributed by atoms with van der Waals surface area (Å²) in [5, 5.41) is 0. The molecule has 1 rings (SSSR count). The Morgan fingerprint density at radius 3 is 2.71 bits per heavy atom. The van der Waals surface area contributed by atoms with E-state index in [1.807, 2.05) is 0 Å². The lowest BCUT2D eigenvalue weighted by atomic mass is 10.1. The number of carbonyl (C=O) groups is 1. The third-order valence-electron chi connectivity index (χ3n) is 1.67. The minimum atomic E-state index is -0.673. The van der Waals surface area contributed by atoms with Crippen molar-refractivity contribution in [1.29, 1.82) is 0 Å². The highest BCUT2D eigenvalue weighted by atomic mass is 19.1. The summed E-state index contributed by atoms with van der Waals surface area (Å²) in [4.78, 5) is 10.9. The van der Waals surface area contributed by atoms with Gasteiger partial charge < -0.3 is 4.74 Å². The Morgan fingerprint density at radius 2 is 2.21 bits per heavy atom. The number of hydrogen-bond donors (Lipinski definition) is 0. The zero-order valence-corrected chi connectivity index (χ0v) is 7.72. The van der Waals surface area contributed by atoms with Crippen LogP contribution >= 0.6 is 0 Å². The molecular weight excluding hydrogens is 190 g/mol. The zero-order chi connectivity index (χ0) is 10.6. The highest BCUT2D eigenvalue weighted by Crippen LogP contribution is 2.18. The summed E-state index contributed by atoms with van der Waals surface area (Å²) in [5.74, 6) is -0.903. The summed E-state index contributed by atoms with van der Waals surface area (Å²) in [5.41, 5.74) is 0.273. The maximum Gasteiger partial charge on any atom is 0.165 e. The van der Waals surface area contributed by atoms with Crippen LogP contribution in [0.25, 0.3) is 0 Å². The number of ketones is 1. The first-order valence-corrected chi connectivity index (χ1v) is 4.14. The van der Waals surface area contributed by atoms with Crippen LogP contribution in [-0.2, 0) is 0 Å². The Morgan fingerprint density at radius 1 is 1.50 bits per heavy atom. The normalized spacial score (nSPS) is 9.93. The van der Waals surface area contributed by atoms with Gasteiger partial charge in [-0.05, 0) is 25.1 Å². The van der Waals surface area contributed by atoms with Gasteiger partial charge in [0, 0.05) is 5.56 Å². The van der Waals surface area contributed by atoms with Gasteiger partial charge in [-0.2, -0.15) is 0 Å². The van der Waals surface area contributed by atoms with Crippen molar-refractivity contribution in [3.05, 3.63) is 29.6 Å². The average molecular weight is 200 g/mol. The molecule has 0 N–H and O–H groups in total. The highest BCUT2D eigenvalue weighted by molar-refractivity contribution is 5.94. The van der Waals surface area contributed by atoms with Crippen LogP contribution in [0.4, 0.5) is 8.78 Å². The van der Waals surface area contributed by atoms with Gasteiger partial charge >= 0.3 is 0 Å². The molecule has 1 aromatic carbocycles. The molecule has 0 aliphatic heterocycles. The summed E-state index contributed by atoms with van der Waals surface area (Å²) in [6.45, 7) is 0.487. The summed E-state index contributed by atoms with van der Waals surface area (Å²) in [7, 11) is 0. The van der Waals surface area contributed by atoms with E-state index in [4.69, 9.17) is 4.74 Å². The van der Waals surface area contributed by atoms with Gasteiger partial charge in [-0.15, -0.1) is 0 Å². The topological polar surface area (TPSA) is 26.3 Å². The van der Waals surface area contributed by atoms with Crippen molar-refractivity contribution in [3.63, 3.8) is 0 Å². The minimum Gasteiger partial charge on any atom is -0.488 e. The van der Waals surface area contributed by atoms with Crippen molar-refractivity contribution >= 4 is 5.78 Å². The summed E-state index contributed by atoms with van der Waals surface area (Å²) in [6, 6.07) is 3.84. The summed E-state index contributed by atoms with van der Waals surface area (Å²) < 4.78 is 29.6. The van der Waals surface area contributed by atoms with Crippen LogP contribution < -0.4 is 4.74 Å². The van der Waals surface area contributed by atoms with E-state index in [1.165, 1.54) is 19.1 Å². The van der Waals surface area contributed by atoms with Gasteiger partial charge in [0.15, 0.2) is 17.3 Å². The molecule has 1 aromatic rings. The Hall–Kier alpha value is -1.45. The molecular formula is C10H10F2O2. The van der Waals surface area contributed by atoms with Crippen molar-refractivity contribution < 1.29 is 18.3 Å². The monoisotopic (exact) mass is 200 g/mol. The average Bonchev–Trinajstić information content (AvgIpc) is 2.15. The number of benzene rings is 1. The highest BCUT2D eigenvalue weighted by Gasteiger charge is 2.06. The molecule has 14 heavy (non-hydrogen) atoms. The molecule has 0 aliphatic rings. The predicted molar refractivity (Wildman–Crippen MR) is 47.9 cm³/mol. The lowest BCUT2D eigenvalue weighted by Crippen LogP contribution is -2.02. The fourth-order valence-corrected chi connectivity index (χ4v) is 0.985. The van der Waals surface area contributed by atoms with Crippen molar-refractivity contribution in [2.75, 3.05) is 13.3 Å². The van der Waals surface area contributed by atoms with Crippen LogP contribution in [0.2, 0.25) is 0 Å². The number of alkyl halides is 1. The number of rotatable bonds is 4. The van der Waals surface area contributed by atoms with Gasteiger partial charge in [-0.3, -0.25) is 4.79 Å². The van der Waals surface area contributed by atoms with Crippen LogP contribution in [0.5, 0.6) is 5.75 Å². The third kappa shape index (κ3) is 2.52. The Labute approximate surface area is 80.5 Å². The molecule has 0 spiro atoms. The summed E-state index contributed by atoms with van der Waals surface area (Å²) >= 11 is 0. The van der Waals surface area contributed by atoms with Crippen LogP contribution in [0.15, 0.2) is 18.2 Å². The fourth-order valence-electron chi connectivity index (χ4n) is 0.985. The lowest BCUT2D eigenvalue weighted by Gasteiger charge is -2.05. The van der Waals surface area contributed by atoms with Gasteiger partial charge in [0.25, 0.3) is 0 Å². The molecule has 0 bridgehead atoms. The first-order chi connectivity index (χ1) is 6.65. The van der Waals surface area contributed by atoms with E-state index in [0.717, 1.165) is 6.07 Å². The van der Waals surface area contributed by atoms with Gasteiger partial charge in [0.2, 0.25) is 0 Å². The summed E-state index contributed by atoms with van der Waals surface area (Å²) in [6.07, 6.45) is 0. The number of halogens is 2.